The van der Waals surface area contributed by atoms with Crippen molar-refractivity contribution >= 4 is 29.1 Å². The van der Waals surface area contributed by atoms with Crippen LogP contribution in [0.25, 0.3) is 0 Å². The van der Waals surface area contributed by atoms with E-state index in [1.807, 2.05) is 69.0 Å². The van der Waals surface area contributed by atoms with E-state index >= 15 is 0 Å². The minimum Gasteiger partial charge on any atom is -0.368 e. The Morgan fingerprint density at radius 1 is 0.818 bits per heavy atom. The van der Waals surface area contributed by atoms with Gasteiger partial charge in [0.25, 0.3) is 0 Å². The molecule has 1 aliphatic heterocycles. The molecule has 1 unspecified atom stereocenters. The third kappa shape index (κ3) is 6.18. The first-order chi connectivity index (χ1) is 15.7. The van der Waals surface area contributed by atoms with Gasteiger partial charge in [-0.05, 0) is 49.9 Å². The third-order valence-electron chi connectivity index (χ3n) is 6.11. The number of carbonyl (C=O) groups is 3. The Morgan fingerprint density at radius 2 is 1.27 bits per heavy atom. The number of anilines is 2. The zero-order chi connectivity index (χ0) is 24.1. The monoisotopic (exact) mass is 451 g/mol. The summed E-state index contributed by atoms with van der Waals surface area (Å²) in [6, 6.07) is 11.0. The van der Waals surface area contributed by atoms with Gasteiger partial charge in [-0.25, -0.2) is 0 Å². The van der Waals surface area contributed by atoms with E-state index < -0.39 is 11.9 Å². The third-order valence-corrected chi connectivity index (χ3v) is 6.11. The molecule has 3 amide bonds. The molecule has 8 nitrogen and oxygen atoms in total. The normalized spacial score (nSPS) is 16.9. The lowest BCUT2D eigenvalue weighted by atomic mass is 10.1. The molecular formula is C25H33N5O3. The molecule has 33 heavy (non-hydrogen) atoms. The van der Waals surface area contributed by atoms with E-state index in [0.717, 1.165) is 33.6 Å². The van der Waals surface area contributed by atoms with Gasteiger partial charge in [0.05, 0.1) is 13.1 Å². The summed E-state index contributed by atoms with van der Waals surface area (Å²) in [4.78, 5) is 41.2. The number of hydrogen-bond donors (Lipinski definition) is 3. The number of aryl methyl sites for hydroxylation is 4. The molecule has 4 N–H and O–H groups in total. The molecule has 0 aromatic heterocycles. The van der Waals surface area contributed by atoms with Crippen LogP contribution in [0.15, 0.2) is 36.4 Å². The summed E-state index contributed by atoms with van der Waals surface area (Å²) in [7, 11) is 0. The molecule has 0 spiro atoms. The maximum Gasteiger partial charge on any atom is 0.238 e. The molecule has 2 aromatic carbocycles. The first-order valence-electron chi connectivity index (χ1n) is 11.1. The molecule has 1 aliphatic rings. The largest absolute Gasteiger partial charge is 0.368 e. The maximum absolute atomic E-state index is 12.7. The number of carbonyl (C=O) groups excluding carboxylic acids is 3. The van der Waals surface area contributed by atoms with Crippen LogP contribution in [0.3, 0.4) is 0 Å². The average Bonchev–Trinajstić information content (AvgIpc) is 2.74. The maximum atomic E-state index is 12.7. The van der Waals surface area contributed by atoms with Crippen molar-refractivity contribution < 1.29 is 14.4 Å². The fourth-order valence-corrected chi connectivity index (χ4v) is 4.25. The summed E-state index contributed by atoms with van der Waals surface area (Å²) >= 11 is 0. The number of primary amides is 1. The van der Waals surface area contributed by atoms with E-state index in [2.05, 4.69) is 10.6 Å². The highest BCUT2D eigenvalue weighted by Crippen LogP contribution is 2.21. The van der Waals surface area contributed by atoms with Gasteiger partial charge in [0.2, 0.25) is 17.7 Å². The summed E-state index contributed by atoms with van der Waals surface area (Å²) in [5.41, 5.74) is 11.2. The fraction of sp³-hybridized carbons (Fsp3) is 0.400. The van der Waals surface area contributed by atoms with Crippen LogP contribution in [0.4, 0.5) is 11.4 Å². The summed E-state index contributed by atoms with van der Waals surface area (Å²) in [6.45, 7) is 9.32. The summed E-state index contributed by atoms with van der Waals surface area (Å²) in [5.74, 6) is -0.841. The Balaban J connectivity index is 1.59. The van der Waals surface area contributed by atoms with E-state index in [4.69, 9.17) is 5.73 Å². The van der Waals surface area contributed by atoms with Gasteiger partial charge in [-0.3, -0.25) is 24.2 Å². The first kappa shape index (κ1) is 24.4. The molecule has 0 saturated carbocycles. The highest BCUT2D eigenvalue weighted by atomic mass is 16.2. The van der Waals surface area contributed by atoms with Crippen molar-refractivity contribution in [1.82, 2.24) is 9.80 Å². The second-order valence-electron chi connectivity index (χ2n) is 8.75. The lowest BCUT2D eigenvalue weighted by Gasteiger charge is -2.39. The first-order valence-corrected chi connectivity index (χ1v) is 11.1. The second kappa shape index (κ2) is 10.6. The number of benzene rings is 2. The van der Waals surface area contributed by atoms with E-state index in [0.29, 0.717) is 19.6 Å². The Kier molecular flexibility index (Phi) is 7.84. The van der Waals surface area contributed by atoms with Gasteiger partial charge in [0.1, 0.15) is 6.04 Å². The van der Waals surface area contributed by atoms with Gasteiger partial charge < -0.3 is 16.4 Å². The fourth-order valence-electron chi connectivity index (χ4n) is 4.25. The quantitative estimate of drug-likeness (QED) is 0.597. The van der Waals surface area contributed by atoms with E-state index in [1.54, 1.807) is 4.90 Å². The molecule has 176 valence electrons. The molecule has 0 bridgehead atoms. The van der Waals surface area contributed by atoms with Crippen molar-refractivity contribution in [2.75, 3.05) is 43.4 Å². The molecule has 8 heteroatoms. The van der Waals surface area contributed by atoms with E-state index in [1.165, 1.54) is 0 Å². The molecule has 1 heterocycles. The van der Waals surface area contributed by atoms with Crippen molar-refractivity contribution in [3.8, 4) is 0 Å². The molecule has 1 saturated heterocycles. The van der Waals surface area contributed by atoms with Crippen LogP contribution in [0.1, 0.15) is 22.3 Å². The Hall–Kier alpha value is -3.23. The zero-order valence-corrected chi connectivity index (χ0v) is 19.8. The smallest absolute Gasteiger partial charge is 0.238 e. The Morgan fingerprint density at radius 3 is 1.73 bits per heavy atom. The van der Waals surface area contributed by atoms with Crippen LogP contribution < -0.4 is 16.4 Å². The molecule has 0 aliphatic carbocycles. The molecule has 0 radical (unpaired) electrons. The van der Waals surface area contributed by atoms with Crippen LogP contribution in [-0.4, -0.2) is 66.3 Å². The second-order valence-corrected chi connectivity index (χ2v) is 8.75. The summed E-state index contributed by atoms with van der Waals surface area (Å²) < 4.78 is 0. The van der Waals surface area contributed by atoms with E-state index in [9.17, 15) is 14.4 Å². The number of nitrogens with zero attached hydrogens (tertiary/aromatic N) is 2. The molecule has 1 fully saturated rings. The van der Waals surface area contributed by atoms with Crippen LogP contribution in [0, 0.1) is 27.7 Å². The number of para-hydroxylation sites is 2. The number of piperazine rings is 1. The van der Waals surface area contributed by atoms with Crippen LogP contribution in [0.2, 0.25) is 0 Å². The number of nitrogens with two attached hydrogens (primary N) is 1. The lowest BCUT2D eigenvalue weighted by Crippen LogP contribution is -2.60. The van der Waals surface area contributed by atoms with E-state index in [-0.39, 0.29) is 24.9 Å². The standard InChI is InChI=1S/C25H33N5O3/c1-16-7-5-8-17(2)23(16)27-21(31)14-29-11-12-30(20(13-29)25(26)33)15-22(32)28-24-18(3)9-6-10-19(24)4/h5-10,20H,11-15H2,1-4H3,(H2,26,33)(H,27,31)(H,28,32). The SMILES string of the molecule is Cc1cccc(C)c1NC(=O)CN1CCN(CC(=O)Nc2c(C)cccc2C)C(C(N)=O)C1. The predicted molar refractivity (Wildman–Crippen MR) is 130 cm³/mol. The van der Waals surface area contributed by atoms with Gasteiger partial charge in [-0.15, -0.1) is 0 Å². The molecule has 2 aromatic rings. The molecule has 1 atom stereocenters. The number of rotatable bonds is 7. The van der Waals surface area contributed by atoms with Crippen LogP contribution in [0.5, 0.6) is 0 Å². The number of hydrogen-bond acceptors (Lipinski definition) is 5. The average molecular weight is 452 g/mol. The van der Waals surface area contributed by atoms with Crippen molar-refractivity contribution in [2.45, 2.75) is 33.7 Å². The Bertz CT molecular complexity index is 1010. The van der Waals surface area contributed by atoms with Crippen molar-refractivity contribution in [1.29, 1.82) is 0 Å². The highest BCUT2D eigenvalue weighted by molar-refractivity contribution is 5.95. The van der Waals surface area contributed by atoms with Crippen molar-refractivity contribution in [3.05, 3.63) is 58.7 Å². The van der Waals surface area contributed by atoms with Gasteiger partial charge in [0, 0.05) is 31.0 Å². The number of nitrogens with one attached hydrogen (secondary N) is 2. The summed E-state index contributed by atoms with van der Waals surface area (Å²) in [6.07, 6.45) is 0. The minimum absolute atomic E-state index is 0.0593. The van der Waals surface area contributed by atoms with Gasteiger partial charge >= 0.3 is 0 Å². The van der Waals surface area contributed by atoms with Crippen molar-refractivity contribution in [3.63, 3.8) is 0 Å². The Labute approximate surface area is 195 Å². The van der Waals surface area contributed by atoms with Crippen LogP contribution in [-0.2, 0) is 14.4 Å². The topological polar surface area (TPSA) is 108 Å². The zero-order valence-electron chi connectivity index (χ0n) is 19.8. The van der Waals surface area contributed by atoms with Gasteiger partial charge in [-0.1, -0.05) is 36.4 Å². The molecule has 3 rings (SSSR count). The predicted octanol–water partition coefficient (Wildman–Crippen LogP) is 1.97. The van der Waals surface area contributed by atoms with Crippen LogP contribution >= 0.6 is 0 Å². The number of amides is 3. The highest BCUT2D eigenvalue weighted by Gasteiger charge is 2.33. The van der Waals surface area contributed by atoms with Gasteiger partial charge in [0.15, 0.2) is 0 Å². The van der Waals surface area contributed by atoms with Crippen molar-refractivity contribution in [2.24, 2.45) is 5.73 Å². The minimum atomic E-state index is -0.643. The molecular weight excluding hydrogens is 418 g/mol. The lowest BCUT2D eigenvalue weighted by molar-refractivity contribution is -0.129. The summed E-state index contributed by atoms with van der Waals surface area (Å²) in [5, 5.41) is 5.93. The van der Waals surface area contributed by atoms with Gasteiger partial charge in [-0.2, -0.15) is 0 Å².